The van der Waals surface area contributed by atoms with E-state index in [9.17, 15) is 0 Å². The molecule has 0 unspecified atom stereocenters. The molecule has 0 atom stereocenters. The minimum atomic E-state index is 0.0402. The van der Waals surface area contributed by atoms with Crippen molar-refractivity contribution in [3.05, 3.63) is 12.2 Å². The van der Waals surface area contributed by atoms with Gasteiger partial charge in [0.2, 0.25) is 0 Å². The number of aromatic nitrogens is 3. The number of nitrogens with two attached hydrogens (primary N) is 1. The number of hydrogen-bond acceptors (Lipinski definition) is 3. The molecule has 0 saturated heterocycles. The molecule has 1 fully saturated rings. The van der Waals surface area contributed by atoms with E-state index in [-0.39, 0.29) is 5.54 Å². The molecule has 4 nitrogen and oxygen atoms in total. The van der Waals surface area contributed by atoms with Gasteiger partial charge in [-0.15, -0.1) is 0 Å². The number of hydrogen-bond donors (Lipinski definition) is 1. The Bertz CT molecular complexity index is 288. The normalized spacial score (nSPS) is 18.9. The quantitative estimate of drug-likeness (QED) is 0.742. The summed E-state index contributed by atoms with van der Waals surface area (Å²) in [6, 6.07) is 0. The van der Waals surface area contributed by atoms with Gasteiger partial charge in [-0.2, -0.15) is 5.10 Å². The van der Waals surface area contributed by atoms with Crippen LogP contribution in [-0.2, 0) is 13.0 Å². The van der Waals surface area contributed by atoms with Gasteiger partial charge in [0.05, 0.1) is 0 Å². The lowest BCUT2D eigenvalue weighted by Gasteiger charge is -2.08. The van der Waals surface area contributed by atoms with Crippen LogP contribution in [0.1, 0.15) is 32.0 Å². The molecule has 0 radical (unpaired) electrons. The predicted molar refractivity (Wildman–Crippen MR) is 50.2 cm³/mol. The maximum atomic E-state index is 6.02. The molecule has 0 amide bonds. The molecule has 4 heteroatoms. The highest BCUT2D eigenvalue weighted by Gasteiger charge is 2.39. The first-order chi connectivity index (χ1) is 6.23. The van der Waals surface area contributed by atoms with Crippen LogP contribution in [-0.4, -0.2) is 20.3 Å². The zero-order valence-corrected chi connectivity index (χ0v) is 8.03. The van der Waals surface area contributed by atoms with Gasteiger partial charge in [0.15, 0.2) is 0 Å². The molecule has 1 aromatic rings. The molecule has 72 valence electrons. The maximum absolute atomic E-state index is 6.02. The van der Waals surface area contributed by atoms with Crippen LogP contribution in [0.25, 0.3) is 0 Å². The van der Waals surface area contributed by atoms with Crippen LogP contribution in [0.15, 0.2) is 6.33 Å². The van der Waals surface area contributed by atoms with E-state index in [4.69, 9.17) is 5.73 Å². The topological polar surface area (TPSA) is 56.7 Å². The Morgan fingerprint density at radius 2 is 2.38 bits per heavy atom. The van der Waals surface area contributed by atoms with Crippen molar-refractivity contribution in [1.29, 1.82) is 0 Å². The van der Waals surface area contributed by atoms with Crippen molar-refractivity contribution in [2.45, 2.75) is 44.7 Å². The van der Waals surface area contributed by atoms with Crippen LogP contribution in [0.3, 0.4) is 0 Å². The molecule has 2 rings (SSSR count). The Labute approximate surface area is 78.1 Å². The van der Waals surface area contributed by atoms with Crippen LogP contribution >= 0.6 is 0 Å². The first-order valence-electron chi connectivity index (χ1n) is 4.89. The van der Waals surface area contributed by atoms with Gasteiger partial charge in [-0.1, -0.05) is 6.92 Å². The Morgan fingerprint density at radius 1 is 1.62 bits per heavy atom. The average molecular weight is 180 g/mol. The summed E-state index contributed by atoms with van der Waals surface area (Å²) >= 11 is 0. The highest BCUT2D eigenvalue weighted by Crippen LogP contribution is 2.34. The zero-order valence-electron chi connectivity index (χ0n) is 8.03. The van der Waals surface area contributed by atoms with Crippen molar-refractivity contribution in [3.8, 4) is 0 Å². The summed E-state index contributed by atoms with van der Waals surface area (Å²) in [7, 11) is 0. The maximum Gasteiger partial charge on any atom is 0.138 e. The molecule has 13 heavy (non-hydrogen) atoms. The smallest absolute Gasteiger partial charge is 0.138 e. The summed E-state index contributed by atoms with van der Waals surface area (Å²) in [5, 5.41) is 4.17. The van der Waals surface area contributed by atoms with Crippen molar-refractivity contribution >= 4 is 0 Å². The lowest BCUT2D eigenvalue weighted by Crippen LogP contribution is -2.26. The van der Waals surface area contributed by atoms with Crippen molar-refractivity contribution in [1.82, 2.24) is 14.8 Å². The zero-order chi connectivity index (χ0) is 9.31. The van der Waals surface area contributed by atoms with E-state index in [1.54, 1.807) is 6.33 Å². The number of nitrogens with zero attached hydrogens (tertiary/aromatic N) is 3. The van der Waals surface area contributed by atoms with Gasteiger partial charge in [-0.25, -0.2) is 4.98 Å². The van der Waals surface area contributed by atoms with Gasteiger partial charge in [0, 0.05) is 18.5 Å². The van der Waals surface area contributed by atoms with Gasteiger partial charge < -0.3 is 5.73 Å². The van der Waals surface area contributed by atoms with Gasteiger partial charge >= 0.3 is 0 Å². The van der Waals surface area contributed by atoms with Crippen LogP contribution in [0, 0.1) is 0 Å². The van der Waals surface area contributed by atoms with E-state index in [2.05, 4.69) is 17.0 Å². The summed E-state index contributed by atoms with van der Waals surface area (Å²) in [4.78, 5) is 4.23. The minimum absolute atomic E-state index is 0.0402. The second-order valence-electron chi connectivity index (χ2n) is 3.94. The fraction of sp³-hybridized carbons (Fsp3) is 0.778. The molecule has 1 aromatic heterocycles. The third-order valence-corrected chi connectivity index (χ3v) is 2.53. The summed E-state index contributed by atoms with van der Waals surface area (Å²) in [5.41, 5.74) is 6.06. The highest BCUT2D eigenvalue weighted by molar-refractivity contribution is 5.06. The number of rotatable bonds is 4. The van der Waals surface area contributed by atoms with Gasteiger partial charge in [0.1, 0.15) is 12.2 Å². The Morgan fingerprint density at radius 3 is 3.00 bits per heavy atom. The fourth-order valence-electron chi connectivity index (χ4n) is 1.48. The van der Waals surface area contributed by atoms with Gasteiger partial charge in [0.25, 0.3) is 0 Å². The Balaban J connectivity index is 2.06. The minimum Gasteiger partial charge on any atom is -0.325 e. The molecule has 0 aromatic carbocycles. The van der Waals surface area contributed by atoms with Crippen molar-refractivity contribution in [3.63, 3.8) is 0 Å². The van der Waals surface area contributed by atoms with E-state index in [1.165, 1.54) is 0 Å². The van der Waals surface area contributed by atoms with Gasteiger partial charge in [-0.05, 0) is 19.3 Å². The second kappa shape index (κ2) is 3.10. The lowest BCUT2D eigenvalue weighted by atomic mass is 10.2. The summed E-state index contributed by atoms with van der Waals surface area (Å²) in [6.45, 7) is 3.09. The summed E-state index contributed by atoms with van der Waals surface area (Å²) < 4.78 is 1.97. The molecule has 1 aliphatic carbocycles. The average Bonchev–Trinajstić information content (AvgIpc) is 2.65. The monoisotopic (exact) mass is 180 g/mol. The first-order valence-corrected chi connectivity index (χ1v) is 4.89. The van der Waals surface area contributed by atoms with Gasteiger partial charge in [-0.3, -0.25) is 4.68 Å². The van der Waals surface area contributed by atoms with Crippen LogP contribution in [0.4, 0.5) is 0 Å². The van der Waals surface area contributed by atoms with Crippen molar-refractivity contribution in [2.24, 2.45) is 5.73 Å². The van der Waals surface area contributed by atoms with Crippen LogP contribution in [0.5, 0.6) is 0 Å². The van der Waals surface area contributed by atoms with E-state index in [0.717, 1.165) is 38.1 Å². The van der Waals surface area contributed by atoms with Crippen LogP contribution in [0.2, 0.25) is 0 Å². The van der Waals surface area contributed by atoms with E-state index in [0.29, 0.717) is 0 Å². The molecule has 2 N–H and O–H groups in total. The van der Waals surface area contributed by atoms with Crippen molar-refractivity contribution < 1.29 is 0 Å². The van der Waals surface area contributed by atoms with E-state index < -0.39 is 0 Å². The Kier molecular flexibility index (Phi) is 2.07. The third kappa shape index (κ3) is 1.88. The SMILES string of the molecule is CCCn1ncnc1CC1(N)CC1. The molecule has 0 spiro atoms. The lowest BCUT2D eigenvalue weighted by molar-refractivity contribution is 0.537. The largest absolute Gasteiger partial charge is 0.325 e. The fourth-order valence-corrected chi connectivity index (χ4v) is 1.48. The third-order valence-electron chi connectivity index (χ3n) is 2.53. The summed E-state index contributed by atoms with van der Waals surface area (Å²) in [5.74, 6) is 1.04. The standard InChI is InChI=1S/C9H16N4/c1-2-5-13-8(11-7-12-13)6-9(10)3-4-9/h7H,2-6,10H2,1H3. The highest BCUT2D eigenvalue weighted by atomic mass is 15.3. The molecule has 1 saturated carbocycles. The molecule has 1 aliphatic rings. The molecular weight excluding hydrogens is 164 g/mol. The second-order valence-corrected chi connectivity index (χ2v) is 3.94. The molecule has 1 heterocycles. The number of aryl methyl sites for hydroxylation is 1. The molecule has 0 aliphatic heterocycles. The van der Waals surface area contributed by atoms with E-state index >= 15 is 0 Å². The van der Waals surface area contributed by atoms with Crippen molar-refractivity contribution in [2.75, 3.05) is 0 Å². The predicted octanol–water partition coefficient (Wildman–Crippen LogP) is 0.722. The Hall–Kier alpha value is -0.900. The molecule has 0 bridgehead atoms. The molecular formula is C9H16N4. The summed E-state index contributed by atoms with van der Waals surface area (Å²) in [6.07, 6.45) is 5.86. The van der Waals surface area contributed by atoms with Crippen LogP contribution < -0.4 is 5.73 Å². The first kappa shape index (κ1) is 8.69. The van der Waals surface area contributed by atoms with E-state index in [1.807, 2.05) is 4.68 Å².